The Hall–Kier alpha value is -2.10. The van der Waals surface area contributed by atoms with Gasteiger partial charge in [-0.15, -0.1) is 6.58 Å². The number of amides is 3. The number of carboxylic acid groups (broad SMARTS) is 1. The minimum Gasteiger partial charge on any atom is -0.483 e. The van der Waals surface area contributed by atoms with Crippen molar-refractivity contribution in [3.8, 4) is 5.75 Å². The number of hydrogen-bond acceptors (Lipinski definition) is 4. The number of carboxylic acids is 1. The van der Waals surface area contributed by atoms with E-state index in [4.69, 9.17) is 9.84 Å². The Kier molecular flexibility index (Phi) is 6.66. The number of urea groups is 1. The first kappa shape index (κ1) is 17.0. The van der Waals surface area contributed by atoms with Gasteiger partial charge in [-0.1, -0.05) is 6.08 Å². The maximum atomic E-state index is 11.5. The van der Waals surface area contributed by atoms with E-state index in [2.05, 4.69) is 11.9 Å². The number of carbonyl (C=O) groups excluding carboxylic acids is 2. The number of imide groups is 1. The van der Waals surface area contributed by atoms with Crippen molar-refractivity contribution in [1.82, 2.24) is 10.6 Å². The highest BCUT2D eigenvalue weighted by molar-refractivity contribution is 14.1. The van der Waals surface area contributed by atoms with Crippen molar-refractivity contribution >= 4 is 40.5 Å². The van der Waals surface area contributed by atoms with Gasteiger partial charge in [0.1, 0.15) is 11.3 Å². The number of carbonyl (C=O) groups is 3. The molecule has 0 fully saturated rings. The number of aromatic carboxylic acids is 1. The van der Waals surface area contributed by atoms with Crippen LogP contribution < -0.4 is 15.4 Å². The van der Waals surface area contributed by atoms with E-state index in [1.165, 1.54) is 18.2 Å². The van der Waals surface area contributed by atoms with Gasteiger partial charge in [0.25, 0.3) is 5.91 Å². The molecular formula is C13H13IN2O5. The van der Waals surface area contributed by atoms with Crippen molar-refractivity contribution in [1.29, 1.82) is 0 Å². The lowest BCUT2D eigenvalue weighted by Crippen LogP contribution is -2.41. The first-order chi connectivity index (χ1) is 9.93. The molecule has 0 aliphatic rings. The van der Waals surface area contributed by atoms with Gasteiger partial charge in [0, 0.05) is 10.1 Å². The van der Waals surface area contributed by atoms with E-state index in [1.54, 1.807) is 6.07 Å². The third-order valence-electron chi connectivity index (χ3n) is 2.19. The molecule has 112 valence electrons. The summed E-state index contributed by atoms with van der Waals surface area (Å²) in [6.07, 6.45) is 1.46. The summed E-state index contributed by atoms with van der Waals surface area (Å²) in [5, 5.41) is 13.4. The van der Waals surface area contributed by atoms with E-state index in [9.17, 15) is 14.4 Å². The number of hydrogen-bond donors (Lipinski definition) is 3. The van der Waals surface area contributed by atoms with Gasteiger partial charge in [0.2, 0.25) is 0 Å². The Labute approximate surface area is 134 Å². The quantitative estimate of drug-likeness (QED) is 0.491. The van der Waals surface area contributed by atoms with E-state index < -0.39 is 24.5 Å². The zero-order valence-corrected chi connectivity index (χ0v) is 13.0. The fourth-order valence-corrected chi connectivity index (χ4v) is 1.80. The van der Waals surface area contributed by atoms with Crippen molar-refractivity contribution in [3.63, 3.8) is 0 Å². The smallest absolute Gasteiger partial charge is 0.339 e. The largest absolute Gasteiger partial charge is 0.483 e. The summed E-state index contributed by atoms with van der Waals surface area (Å²) in [5.74, 6) is -1.79. The van der Waals surface area contributed by atoms with Crippen LogP contribution in [0.15, 0.2) is 30.9 Å². The van der Waals surface area contributed by atoms with Gasteiger partial charge < -0.3 is 15.2 Å². The van der Waals surface area contributed by atoms with Crippen LogP contribution in [0.1, 0.15) is 10.4 Å². The Balaban J connectivity index is 2.59. The second-order valence-corrected chi connectivity index (χ2v) is 5.03. The summed E-state index contributed by atoms with van der Waals surface area (Å²) < 4.78 is 5.85. The number of rotatable bonds is 6. The van der Waals surface area contributed by atoms with Crippen molar-refractivity contribution in [2.45, 2.75) is 0 Å². The SMILES string of the molecule is C=CCNC(=O)NC(=O)COc1ccc(I)cc1C(=O)O. The molecule has 0 saturated heterocycles. The molecule has 0 spiro atoms. The fourth-order valence-electron chi connectivity index (χ4n) is 1.31. The average Bonchev–Trinajstić information content (AvgIpc) is 2.43. The predicted molar refractivity (Wildman–Crippen MR) is 83.4 cm³/mol. The van der Waals surface area contributed by atoms with Gasteiger partial charge >= 0.3 is 12.0 Å². The number of ether oxygens (including phenoxy) is 1. The van der Waals surface area contributed by atoms with Gasteiger partial charge in [0.15, 0.2) is 6.61 Å². The van der Waals surface area contributed by atoms with Crippen molar-refractivity contribution in [2.75, 3.05) is 13.2 Å². The van der Waals surface area contributed by atoms with Crippen LogP contribution in [0.2, 0.25) is 0 Å². The second kappa shape index (κ2) is 8.25. The van der Waals surface area contributed by atoms with Crippen LogP contribution in [0.4, 0.5) is 4.79 Å². The second-order valence-electron chi connectivity index (χ2n) is 3.78. The zero-order chi connectivity index (χ0) is 15.8. The Bertz CT molecular complexity index is 574. The number of nitrogens with one attached hydrogen (secondary N) is 2. The van der Waals surface area contributed by atoms with Crippen LogP contribution in [-0.4, -0.2) is 36.2 Å². The molecule has 1 aromatic carbocycles. The maximum absolute atomic E-state index is 11.5. The van der Waals surface area contributed by atoms with Gasteiger partial charge in [-0.05, 0) is 40.8 Å². The lowest BCUT2D eigenvalue weighted by atomic mass is 10.2. The minimum atomic E-state index is -1.16. The predicted octanol–water partition coefficient (Wildman–Crippen LogP) is 1.38. The highest BCUT2D eigenvalue weighted by Crippen LogP contribution is 2.21. The molecule has 0 aromatic heterocycles. The lowest BCUT2D eigenvalue weighted by Gasteiger charge is -2.09. The highest BCUT2D eigenvalue weighted by atomic mass is 127. The van der Waals surface area contributed by atoms with E-state index in [0.717, 1.165) is 3.57 Å². The van der Waals surface area contributed by atoms with Crippen molar-refractivity contribution < 1.29 is 24.2 Å². The molecule has 7 nitrogen and oxygen atoms in total. The van der Waals surface area contributed by atoms with E-state index in [0.29, 0.717) is 0 Å². The third kappa shape index (κ3) is 5.81. The molecule has 0 unspecified atom stereocenters. The van der Waals surface area contributed by atoms with Crippen molar-refractivity contribution in [3.05, 3.63) is 40.0 Å². The van der Waals surface area contributed by atoms with E-state index in [-0.39, 0.29) is 17.9 Å². The Morgan fingerprint density at radius 1 is 1.38 bits per heavy atom. The molecule has 0 aliphatic heterocycles. The molecule has 0 aliphatic carbocycles. The lowest BCUT2D eigenvalue weighted by molar-refractivity contribution is -0.122. The van der Waals surface area contributed by atoms with Crippen LogP contribution in [-0.2, 0) is 4.79 Å². The Morgan fingerprint density at radius 3 is 2.71 bits per heavy atom. The zero-order valence-electron chi connectivity index (χ0n) is 10.9. The van der Waals surface area contributed by atoms with Crippen molar-refractivity contribution in [2.24, 2.45) is 0 Å². The molecule has 0 radical (unpaired) electrons. The van der Waals surface area contributed by atoms with Crippen LogP contribution in [0.5, 0.6) is 5.75 Å². The topological polar surface area (TPSA) is 105 Å². The maximum Gasteiger partial charge on any atom is 0.339 e. The standard InChI is InChI=1S/C13H13IN2O5/c1-2-5-15-13(20)16-11(17)7-21-10-4-3-8(14)6-9(10)12(18)19/h2-4,6H,1,5,7H2,(H,18,19)(H2,15,16,17,20). The molecule has 0 heterocycles. The first-order valence-corrected chi connectivity index (χ1v) is 6.86. The molecule has 0 bridgehead atoms. The molecule has 8 heteroatoms. The minimum absolute atomic E-state index is 0.0502. The van der Waals surface area contributed by atoms with Crippen LogP contribution in [0, 0.1) is 3.57 Å². The van der Waals surface area contributed by atoms with E-state index in [1.807, 2.05) is 27.9 Å². The molecule has 0 saturated carbocycles. The molecule has 1 rings (SSSR count). The highest BCUT2D eigenvalue weighted by Gasteiger charge is 2.14. The normalized spacial score (nSPS) is 9.57. The summed E-state index contributed by atoms with van der Waals surface area (Å²) in [7, 11) is 0. The molecule has 3 amide bonds. The van der Waals surface area contributed by atoms with Gasteiger partial charge in [-0.2, -0.15) is 0 Å². The van der Waals surface area contributed by atoms with Crippen LogP contribution >= 0.6 is 22.6 Å². The Morgan fingerprint density at radius 2 is 2.10 bits per heavy atom. The summed E-state index contributed by atoms with van der Waals surface area (Å²) >= 11 is 1.97. The summed E-state index contributed by atoms with van der Waals surface area (Å²) in [5.41, 5.74) is -0.0502. The molecule has 21 heavy (non-hydrogen) atoms. The van der Waals surface area contributed by atoms with Crippen LogP contribution in [0.25, 0.3) is 0 Å². The monoisotopic (exact) mass is 404 g/mol. The average molecular weight is 404 g/mol. The molecule has 0 atom stereocenters. The van der Waals surface area contributed by atoms with Crippen LogP contribution in [0.3, 0.4) is 0 Å². The first-order valence-electron chi connectivity index (χ1n) is 5.78. The van der Waals surface area contributed by atoms with Gasteiger partial charge in [-0.3, -0.25) is 10.1 Å². The number of benzene rings is 1. The number of halogens is 1. The summed E-state index contributed by atoms with van der Waals surface area (Å²) in [6, 6.07) is 3.85. The molecule has 1 aromatic rings. The summed E-state index contributed by atoms with van der Waals surface area (Å²) in [4.78, 5) is 33.7. The van der Waals surface area contributed by atoms with Gasteiger partial charge in [-0.25, -0.2) is 9.59 Å². The summed E-state index contributed by atoms with van der Waals surface area (Å²) in [6.45, 7) is 3.17. The molecule has 3 N–H and O–H groups in total. The van der Waals surface area contributed by atoms with E-state index >= 15 is 0 Å². The third-order valence-corrected chi connectivity index (χ3v) is 2.86. The fraction of sp³-hybridized carbons (Fsp3) is 0.154. The van der Waals surface area contributed by atoms with Gasteiger partial charge in [0.05, 0.1) is 0 Å². The molecular weight excluding hydrogens is 391 g/mol.